The van der Waals surface area contributed by atoms with Crippen molar-refractivity contribution in [1.29, 1.82) is 0 Å². The Bertz CT molecular complexity index is 413. The van der Waals surface area contributed by atoms with Gasteiger partial charge < -0.3 is 5.11 Å². The molecule has 0 fully saturated rings. The van der Waals surface area contributed by atoms with E-state index in [9.17, 15) is 8.42 Å². The lowest BCUT2D eigenvalue weighted by atomic mass is 10.5. The van der Waals surface area contributed by atoms with E-state index in [0.29, 0.717) is 11.4 Å². The van der Waals surface area contributed by atoms with Gasteiger partial charge in [-0.3, -0.25) is 0 Å². The molecule has 0 radical (unpaired) electrons. The number of sulfonamides is 1. The fourth-order valence-electron chi connectivity index (χ4n) is 1.08. The molecule has 1 rings (SSSR count). The quantitative estimate of drug-likeness (QED) is 0.739. The van der Waals surface area contributed by atoms with E-state index in [1.165, 1.54) is 6.07 Å². The second-order valence-electron chi connectivity index (χ2n) is 3.12. The molecule has 0 spiro atoms. The number of aliphatic hydroxyl groups is 1. The van der Waals surface area contributed by atoms with Crippen molar-refractivity contribution in [3.63, 3.8) is 0 Å². The third kappa shape index (κ3) is 4.06. The summed E-state index contributed by atoms with van der Waals surface area (Å²) < 4.78 is 26.3. The first-order valence-electron chi connectivity index (χ1n) is 4.78. The second kappa shape index (κ2) is 6.61. The topological polar surface area (TPSA) is 66.4 Å². The van der Waals surface area contributed by atoms with Gasteiger partial charge in [0.2, 0.25) is 10.0 Å². The van der Waals surface area contributed by atoms with Gasteiger partial charge in [0.05, 0.1) is 6.61 Å². The van der Waals surface area contributed by atoms with Gasteiger partial charge in [-0.2, -0.15) is 11.8 Å². The first-order valence-corrected chi connectivity index (χ1v) is 8.47. The molecule has 0 aliphatic rings. The second-order valence-corrected chi connectivity index (χ2v) is 7.27. The number of thiophene rings is 1. The van der Waals surface area contributed by atoms with Gasteiger partial charge in [-0.25, -0.2) is 13.1 Å². The minimum absolute atomic E-state index is 0.118. The molecule has 0 bridgehead atoms. The fourth-order valence-corrected chi connectivity index (χ4v) is 3.85. The van der Waals surface area contributed by atoms with E-state index < -0.39 is 10.0 Å². The highest BCUT2D eigenvalue weighted by Gasteiger charge is 2.15. The lowest BCUT2D eigenvalue weighted by Crippen LogP contribution is -2.24. The Hall–Kier alpha value is -0.0800. The van der Waals surface area contributed by atoms with E-state index in [0.717, 1.165) is 23.5 Å². The molecule has 1 aromatic heterocycles. The van der Waals surface area contributed by atoms with Crippen LogP contribution in [0.5, 0.6) is 0 Å². The Morgan fingerprint density at radius 2 is 2.25 bits per heavy atom. The maximum Gasteiger partial charge on any atom is 0.250 e. The van der Waals surface area contributed by atoms with Crippen LogP contribution in [0, 0.1) is 0 Å². The van der Waals surface area contributed by atoms with Crippen molar-refractivity contribution in [2.75, 3.05) is 18.6 Å². The minimum Gasteiger partial charge on any atom is -0.391 e. The molecular formula is C9H15NO3S3. The van der Waals surface area contributed by atoms with Crippen molar-refractivity contribution in [2.24, 2.45) is 0 Å². The van der Waals surface area contributed by atoms with Gasteiger partial charge in [-0.05, 0) is 30.6 Å². The van der Waals surface area contributed by atoms with Crippen LogP contribution < -0.4 is 4.72 Å². The molecule has 1 aromatic rings. The van der Waals surface area contributed by atoms with Crippen molar-refractivity contribution in [2.45, 2.75) is 17.2 Å². The molecule has 0 unspecified atom stereocenters. The number of nitrogens with one attached hydrogen (secondary N) is 1. The Kier molecular flexibility index (Phi) is 5.77. The van der Waals surface area contributed by atoms with Crippen LogP contribution in [0.25, 0.3) is 0 Å². The Morgan fingerprint density at radius 1 is 1.50 bits per heavy atom. The molecule has 2 N–H and O–H groups in total. The van der Waals surface area contributed by atoms with Gasteiger partial charge in [0.25, 0.3) is 0 Å². The average Bonchev–Trinajstić information content (AvgIpc) is 2.73. The summed E-state index contributed by atoms with van der Waals surface area (Å²) in [6, 6.07) is 3.15. The lowest BCUT2D eigenvalue weighted by Gasteiger charge is -2.03. The standard InChI is InChI=1S/C9H15NO3S3/c1-14-6-2-5-10-16(12,13)9-4-3-8(7-11)15-9/h3-4,10-11H,2,5-7H2,1H3. The monoisotopic (exact) mass is 281 g/mol. The van der Waals surface area contributed by atoms with Crippen LogP contribution in [-0.2, 0) is 16.6 Å². The van der Waals surface area contributed by atoms with Crippen LogP contribution in [0.3, 0.4) is 0 Å². The molecule has 0 aliphatic heterocycles. The predicted octanol–water partition coefficient (Wildman–Crippen LogP) is 1.27. The molecule has 16 heavy (non-hydrogen) atoms. The Morgan fingerprint density at radius 3 is 2.81 bits per heavy atom. The van der Waals surface area contributed by atoms with E-state index in [1.807, 2.05) is 6.26 Å². The van der Waals surface area contributed by atoms with Crippen molar-refractivity contribution in [1.82, 2.24) is 4.72 Å². The van der Waals surface area contributed by atoms with E-state index in [-0.39, 0.29) is 10.8 Å². The van der Waals surface area contributed by atoms with E-state index >= 15 is 0 Å². The molecule has 0 saturated carbocycles. The van der Waals surface area contributed by atoms with Crippen molar-refractivity contribution < 1.29 is 13.5 Å². The van der Waals surface area contributed by atoms with Gasteiger partial charge in [0.1, 0.15) is 4.21 Å². The highest BCUT2D eigenvalue weighted by molar-refractivity contribution is 7.98. The maximum absolute atomic E-state index is 11.7. The van der Waals surface area contributed by atoms with Crippen LogP contribution in [0.15, 0.2) is 16.3 Å². The summed E-state index contributed by atoms with van der Waals surface area (Å²) in [6.45, 7) is 0.336. The number of aliphatic hydroxyl groups excluding tert-OH is 1. The molecule has 1 heterocycles. The summed E-state index contributed by atoms with van der Waals surface area (Å²) in [5.41, 5.74) is 0. The van der Waals surface area contributed by atoms with Gasteiger partial charge in [0.15, 0.2) is 0 Å². The third-order valence-corrected chi connectivity index (χ3v) is 5.59. The maximum atomic E-state index is 11.7. The van der Waals surface area contributed by atoms with Crippen LogP contribution in [0.2, 0.25) is 0 Å². The number of thioether (sulfide) groups is 1. The van der Waals surface area contributed by atoms with Crippen LogP contribution >= 0.6 is 23.1 Å². The largest absolute Gasteiger partial charge is 0.391 e. The lowest BCUT2D eigenvalue weighted by molar-refractivity contribution is 0.285. The zero-order chi connectivity index (χ0) is 12.0. The molecule has 0 aromatic carbocycles. The first-order chi connectivity index (χ1) is 7.60. The van der Waals surface area contributed by atoms with Gasteiger partial charge in [-0.1, -0.05) is 0 Å². The average molecular weight is 281 g/mol. The molecule has 7 heteroatoms. The third-order valence-electron chi connectivity index (χ3n) is 1.88. The van der Waals surface area contributed by atoms with Gasteiger partial charge in [0, 0.05) is 11.4 Å². The van der Waals surface area contributed by atoms with Crippen molar-refractivity contribution in [3.8, 4) is 0 Å². The molecule has 0 saturated heterocycles. The van der Waals surface area contributed by atoms with Gasteiger partial charge >= 0.3 is 0 Å². The fraction of sp³-hybridized carbons (Fsp3) is 0.556. The molecule has 0 aliphatic carbocycles. The SMILES string of the molecule is CSCCCNS(=O)(=O)c1ccc(CO)s1. The molecule has 0 amide bonds. The highest BCUT2D eigenvalue weighted by atomic mass is 32.2. The number of rotatable bonds is 7. The predicted molar refractivity (Wildman–Crippen MR) is 68.4 cm³/mol. The smallest absolute Gasteiger partial charge is 0.250 e. The molecule has 92 valence electrons. The van der Waals surface area contributed by atoms with Gasteiger partial charge in [-0.15, -0.1) is 11.3 Å². The van der Waals surface area contributed by atoms with E-state index in [4.69, 9.17) is 5.11 Å². The Balaban J connectivity index is 2.56. The van der Waals surface area contributed by atoms with E-state index in [2.05, 4.69) is 4.72 Å². The zero-order valence-electron chi connectivity index (χ0n) is 8.97. The summed E-state index contributed by atoms with van der Waals surface area (Å²) in [5, 5.41) is 8.86. The summed E-state index contributed by atoms with van der Waals surface area (Å²) in [4.78, 5) is 0.657. The van der Waals surface area contributed by atoms with Crippen LogP contribution in [0.1, 0.15) is 11.3 Å². The molecule has 4 nitrogen and oxygen atoms in total. The van der Waals surface area contributed by atoms with Crippen molar-refractivity contribution in [3.05, 3.63) is 17.0 Å². The summed E-state index contributed by atoms with van der Waals surface area (Å²) >= 11 is 2.79. The van der Waals surface area contributed by atoms with E-state index in [1.54, 1.807) is 17.8 Å². The number of hydrogen-bond donors (Lipinski definition) is 2. The molecule has 0 atom stereocenters. The molecular weight excluding hydrogens is 266 g/mol. The first kappa shape index (κ1) is 14.0. The van der Waals surface area contributed by atoms with Crippen LogP contribution in [0.4, 0.5) is 0 Å². The van der Waals surface area contributed by atoms with Crippen LogP contribution in [-0.4, -0.2) is 32.1 Å². The summed E-state index contributed by atoms with van der Waals surface area (Å²) in [7, 11) is -3.38. The summed E-state index contributed by atoms with van der Waals surface area (Å²) in [6.07, 6.45) is 2.81. The summed E-state index contributed by atoms with van der Waals surface area (Å²) in [5.74, 6) is 0.939. The Labute approximate surface area is 104 Å². The van der Waals surface area contributed by atoms with Crippen molar-refractivity contribution >= 4 is 33.1 Å². The number of hydrogen-bond acceptors (Lipinski definition) is 5. The minimum atomic E-state index is -3.38. The zero-order valence-corrected chi connectivity index (χ0v) is 11.4. The normalized spacial score (nSPS) is 11.9. The highest BCUT2D eigenvalue weighted by Crippen LogP contribution is 2.21.